The molecule has 1 aromatic rings. The van der Waals surface area contributed by atoms with Crippen molar-refractivity contribution in [3.63, 3.8) is 0 Å². The van der Waals surface area contributed by atoms with Gasteiger partial charge in [-0.15, -0.1) is 0 Å². The van der Waals surface area contributed by atoms with Gasteiger partial charge in [0.1, 0.15) is 6.10 Å². The third-order valence-electron chi connectivity index (χ3n) is 3.16. The fraction of sp³-hybridized carbons (Fsp3) is 0.385. The molecule has 16 heavy (non-hydrogen) atoms. The Bertz CT molecular complexity index is 437. The molecule has 0 amide bonds. The summed E-state index contributed by atoms with van der Waals surface area (Å²) in [5.41, 5.74) is 2.83. The molecule has 3 heteroatoms. The number of hydrogen-bond acceptors (Lipinski definition) is 3. The van der Waals surface area contributed by atoms with E-state index in [1.165, 1.54) is 12.5 Å². The first kappa shape index (κ1) is 10.9. The molecule has 0 bridgehead atoms. The number of fused-ring (bicyclic) bond motifs is 1. The van der Waals surface area contributed by atoms with Crippen LogP contribution in [0.15, 0.2) is 18.2 Å². The highest BCUT2D eigenvalue weighted by molar-refractivity contribution is 5.94. The van der Waals surface area contributed by atoms with Crippen molar-refractivity contribution in [1.82, 2.24) is 0 Å². The van der Waals surface area contributed by atoms with Crippen LogP contribution in [-0.4, -0.2) is 12.3 Å². The van der Waals surface area contributed by atoms with Crippen molar-refractivity contribution in [2.45, 2.75) is 32.3 Å². The van der Waals surface area contributed by atoms with E-state index < -0.39 is 0 Å². The third-order valence-corrected chi connectivity index (χ3v) is 3.16. The maximum Gasteiger partial charge on any atom is 0.293 e. The molecule has 0 spiro atoms. The molecule has 2 atom stereocenters. The van der Waals surface area contributed by atoms with E-state index in [4.69, 9.17) is 4.74 Å². The normalized spacial score (nSPS) is 22.6. The molecule has 0 heterocycles. The van der Waals surface area contributed by atoms with Crippen molar-refractivity contribution in [3.8, 4) is 0 Å². The minimum Gasteiger partial charge on any atom is -0.460 e. The summed E-state index contributed by atoms with van der Waals surface area (Å²) in [4.78, 5) is 21.7. The van der Waals surface area contributed by atoms with Gasteiger partial charge >= 0.3 is 0 Å². The quantitative estimate of drug-likeness (QED) is 0.578. The van der Waals surface area contributed by atoms with Gasteiger partial charge in [0.05, 0.1) is 0 Å². The predicted molar refractivity (Wildman–Crippen MR) is 59.4 cm³/mol. The fourth-order valence-corrected chi connectivity index (χ4v) is 2.29. The first-order chi connectivity index (χ1) is 7.63. The van der Waals surface area contributed by atoms with Gasteiger partial charge in [0.15, 0.2) is 5.78 Å². The van der Waals surface area contributed by atoms with Crippen molar-refractivity contribution < 1.29 is 14.3 Å². The monoisotopic (exact) mass is 218 g/mol. The van der Waals surface area contributed by atoms with Gasteiger partial charge < -0.3 is 4.74 Å². The molecule has 0 aromatic heterocycles. The molecule has 0 N–H and O–H groups in total. The lowest BCUT2D eigenvalue weighted by Gasteiger charge is -2.09. The fourth-order valence-electron chi connectivity index (χ4n) is 2.29. The Morgan fingerprint density at radius 1 is 1.44 bits per heavy atom. The highest BCUT2D eigenvalue weighted by Gasteiger charge is 2.29. The largest absolute Gasteiger partial charge is 0.460 e. The van der Waals surface area contributed by atoms with Crippen LogP contribution < -0.4 is 0 Å². The lowest BCUT2D eigenvalue weighted by molar-refractivity contribution is -0.133. The van der Waals surface area contributed by atoms with Crippen molar-refractivity contribution >= 4 is 12.3 Å². The van der Waals surface area contributed by atoms with Crippen LogP contribution in [0.3, 0.4) is 0 Å². The van der Waals surface area contributed by atoms with Crippen LogP contribution in [0.25, 0.3) is 0 Å². The number of ether oxygens (including phenoxy) is 1. The highest BCUT2D eigenvalue weighted by atomic mass is 16.5. The maximum absolute atomic E-state index is 11.3. The van der Waals surface area contributed by atoms with Crippen molar-refractivity contribution in [3.05, 3.63) is 34.9 Å². The molecule has 0 saturated carbocycles. The molecule has 1 aliphatic carbocycles. The summed E-state index contributed by atoms with van der Waals surface area (Å²) in [6.45, 7) is 4.11. The molecule has 0 radical (unpaired) electrons. The van der Waals surface area contributed by atoms with E-state index in [2.05, 4.69) is 6.92 Å². The Morgan fingerprint density at radius 2 is 2.19 bits per heavy atom. The molecule has 1 aliphatic rings. The number of carbonyl (C=O) groups excluding carboxylic acids is 2. The minimum atomic E-state index is -0.193. The van der Waals surface area contributed by atoms with E-state index in [1.807, 2.05) is 18.2 Å². The topological polar surface area (TPSA) is 43.4 Å². The Morgan fingerprint density at radius 3 is 2.81 bits per heavy atom. The second kappa shape index (κ2) is 4.08. The Balaban J connectivity index is 2.43. The molecule has 0 aliphatic heterocycles. The van der Waals surface area contributed by atoms with E-state index >= 15 is 0 Å². The van der Waals surface area contributed by atoms with Crippen LogP contribution in [0, 0.1) is 0 Å². The van der Waals surface area contributed by atoms with Crippen LogP contribution in [0.2, 0.25) is 0 Å². The van der Waals surface area contributed by atoms with Gasteiger partial charge in [-0.05, 0) is 36.5 Å². The number of ketones is 1. The van der Waals surface area contributed by atoms with E-state index in [1.54, 1.807) is 0 Å². The predicted octanol–water partition coefficient (Wildman–Crippen LogP) is 2.61. The number of Topliss-reactive ketones (excluding diaryl/α,β-unsaturated/α-hetero) is 1. The number of rotatable bonds is 3. The average molecular weight is 218 g/mol. The highest BCUT2D eigenvalue weighted by Crippen LogP contribution is 2.42. The second-order valence-electron chi connectivity index (χ2n) is 4.26. The smallest absolute Gasteiger partial charge is 0.293 e. The lowest BCUT2D eigenvalue weighted by atomic mass is 10.0. The standard InChI is InChI=1S/C13H14O3/c1-8-5-13(16-7-14)12-6-10(9(2)15)3-4-11(8)12/h3-4,6-8,13H,5H2,1-2H3. The zero-order valence-corrected chi connectivity index (χ0v) is 9.40. The minimum absolute atomic E-state index is 0.0345. The average Bonchev–Trinajstić information content (AvgIpc) is 2.56. The van der Waals surface area contributed by atoms with Crippen LogP contribution in [0.4, 0.5) is 0 Å². The van der Waals surface area contributed by atoms with Gasteiger partial charge in [0.25, 0.3) is 6.47 Å². The van der Waals surface area contributed by atoms with Crippen LogP contribution in [0.1, 0.15) is 53.8 Å². The molecule has 1 aromatic carbocycles. The van der Waals surface area contributed by atoms with Gasteiger partial charge in [0, 0.05) is 5.56 Å². The number of carbonyl (C=O) groups is 2. The van der Waals surface area contributed by atoms with Crippen molar-refractivity contribution in [1.29, 1.82) is 0 Å². The Labute approximate surface area is 94.4 Å². The molecule has 0 saturated heterocycles. The first-order valence-corrected chi connectivity index (χ1v) is 5.37. The molecule has 0 fully saturated rings. The summed E-state index contributed by atoms with van der Waals surface area (Å²) >= 11 is 0. The van der Waals surface area contributed by atoms with Gasteiger partial charge in [-0.3, -0.25) is 9.59 Å². The van der Waals surface area contributed by atoms with Gasteiger partial charge in [-0.2, -0.15) is 0 Å². The summed E-state index contributed by atoms with van der Waals surface area (Å²) in [6.07, 6.45) is 0.608. The van der Waals surface area contributed by atoms with Gasteiger partial charge in [-0.25, -0.2) is 0 Å². The lowest BCUT2D eigenvalue weighted by Crippen LogP contribution is -2.00. The van der Waals surface area contributed by atoms with Crippen molar-refractivity contribution in [2.24, 2.45) is 0 Å². The first-order valence-electron chi connectivity index (χ1n) is 5.37. The zero-order chi connectivity index (χ0) is 11.7. The molecule has 84 valence electrons. The summed E-state index contributed by atoms with van der Waals surface area (Å²) in [6, 6.07) is 5.64. The Hall–Kier alpha value is -1.64. The zero-order valence-electron chi connectivity index (χ0n) is 9.40. The molecule has 2 unspecified atom stereocenters. The van der Waals surface area contributed by atoms with E-state index in [9.17, 15) is 9.59 Å². The summed E-state index contributed by atoms with van der Waals surface area (Å²) in [7, 11) is 0. The van der Waals surface area contributed by atoms with Crippen molar-refractivity contribution in [2.75, 3.05) is 0 Å². The molecular weight excluding hydrogens is 204 g/mol. The SMILES string of the molecule is CC(=O)c1ccc2c(c1)C(OC=O)CC2C. The van der Waals surface area contributed by atoms with Gasteiger partial charge in [-0.1, -0.05) is 19.1 Å². The maximum atomic E-state index is 11.3. The van der Waals surface area contributed by atoms with E-state index in [0.29, 0.717) is 18.0 Å². The second-order valence-corrected chi connectivity index (χ2v) is 4.26. The summed E-state index contributed by atoms with van der Waals surface area (Å²) in [5, 5.41) is 0. The summed E-state index contributed by atoms with van der Waals surface area (Å²) < 4.78 is 5.04. The van der Waals surface area contributed by atoms with Crippen LogP contribution in [-0.2, 0) is 9.53 Å². The molecular formula is C13H14O3. The number of benzene rings is 1. The van der Waals surface area contributed by atoms with E-state index in [0.717, 1.165) is 12.0 Å². The van der Waals surface area contributed by atoms with Crippen LogP contribution in [0.5, 0.6) is 0 Å². The Kier molecular flexibility index (Phi) is 2.77. The molecule has 3 nitrogen and oxygen atoms in total. The third kappa shape index (κ3) is 1.73. The number of hydrogen-bond donors (Lipinski definition) is 0. The van der Waals surface area contributed by atoms with Gasteiger partial charge in [0.2, 0.25) is 0 Å². The summed E-state index contributed by atoms with van der Waals surface area (Å²) in [5.74, 6) is 0.410. The molecule has 2 rings (SSSR count). The van der Waals surface area contributed by atoms with Crippen LogP contribution >= 0.6 is 0 Å². The van der Waals surface area contributed by atoms with E-state index in [-0.39, 0.29) is 11.9 Å².